The van der Waals surface area contributed by atoms with Crippen molar-refractivity contribution in [3.05, 3.63) is 63.3 Å². The first-order valence-corrected chi connectivity index (χ1v) is 9.23. The summed E-state index contributed by atoms with van der Waals surface area (Å²) in [5, 5.41) is 9.38. The van der Waals surface area contributed by atoms with Gasteiger partial charge in [0.2, 0.25) is 5.43 Å². The molecule has 8 heteroatoms. The minimum atomic E-state index is -1.40. The second-order valence-electron chi connectivity index (χ2n) is 6.85. The van der Waals surface area contributed by atoms with E-state index in [2.05, 4.69) is 4.98 Å². The zero-order valence-electron chi connectivity index (χ0n) is 15.0. The molecule has 1 aliphatic rings. The van der Waals surface area contributed by atoms with Gasteiger partial charge < -0.3 is 10.0 Å². The minimum Gasteiger partial charge on any atom is -0.477 e. The maximum absolute atomic E-state index is 15.0. The Kier molecular flexibility index (Phi) is 4.55. The molecule has 144 valence electrons. The first-order valence-electron chi connectivity index (χ1n) is 8.85. The number of rotatable bonds is 4. The fourth-order valence-corrected chi connectivity index (χ4v) is 3.93. The van der Waals surface area contributed by atoms with Gasteiger partial charge in [0, 0.05) is 25.5 Å². The van der Waals surface area contributed by atoms with E-state index >= 15 is 0 Å². The summed E-state index contributed by atoms with van der Waals surface area (Å²) < 4.78 is 16.4. The summed E-state index contributed by atoms with van der Waals surface area (Å²) in [5.74, 6) is -1.68. The fraction of sp³-hybridized carbons (Fsp3) is 0.250. The van der Waals surface area contributed by atoms with Gasteiger partial charge in [-0.15, -0.1) is 0 Å². The van der Waals surface area contributed by atoms with Crippen molar-refractivity contribution in [1.29, 1.82) is 0 Å². The first kappa shape index (κ1) is 18.4. The van der Waals surface area contributed by atoms with Crippen LogP contribution in [-0.2, 0) is 0 Å². The van der Waals surface area contributed by atoms with Crippen LogP contribution in [0.25, 0.3) is 16.7 Å². The average molecular weight is 402 g/mol. The second kappa shape index (κ2) is 6.91. The van der Waals surface area contributed by atoms with Crippen LogP contribution in [0.1, 0.15) is 29.6 Å². The molecule has 3 aromatic rings. The third-order valence-electron chi connectivity index (χ3n) is 5.26. The van der Waals surface area contributed by atoms with Gasteiger partial charge in [0.05, 0.1) is 21.6 Å². The number of hydrogen-bond acceptors (Lipinski definition) is 4. The van der Waals surface area contributed by atoms with Crippen molar-refractivity contribution >= 4 is 34.2 Å². The molecule has 0 bridgehead atoms. The number of anilines is 1. The third-order valence-corrected chi connectivity index (χ3v) is 5.62. The van der Waals surface area contributed by atoms with Gasteiger partial charge in [-0.25, -0.2) is 14.2 Å². The van der Waals surface area contributed by atoms with E-state index in [1.165, 1.54) is 10.8 Å². The summed E-state index contributed by atoms with van der Waals surface area (Å²) in [6.45, 7) is 0. The van der Waals surface area contributed by atoms with Crippen molar-refractivity contribution in [3.63, 3.8) is 0 Å². The van der Waals surface area contributed by atoms with E-state index in [0.717, 1.165) is 25.3 Å². The van der Waals surface area contributed by atoms with Crippen molar-refractivity contribution in [3.8, 4) is 5.82 Å². The van der Waals surface area contributed by atoms with Gasteiger partial charge in [-0.05, 0) is 37.5 Å². The van der Waals surface area contributed by atoms with Crippen LogP contribution in [0.4, 0.5) is 10.1 Å². The number of benzene rings is 1. The lowest BCUT2D eigenvalue weighted by Gasteiger charge is -2.37. The SMILES string of the molecule is CN(c1c(F)cc2c(=O)c(C(=O)O)cn(-c3ccccn3)c2c1Cl)C1CCC1. The lowest BCUT2D eigenvalue weighted by atomic mass is 9.91. The molecule has 0 radical (unpaired) electrons. The maximum Gasteiger partial charge on any atom is 0.341 e. The molecule has 6 nitrogen and oxygen atoms in total. The number of carboxylic acid groups (broad SMARTS) is 1. The Balaban J connectivity index is 2.09. The Morgan fingerprint density at radius 1 is 1.39 bits per heavy atom. The molecule has 0 amide bonds. The van der Waals surface area contributed by atoms with Crippen LogP contribution in [-0.4, -0.2) is 33.7 Å². The van der Waals surface area contributed by atoms with E-state index in [4.69, 9.17) is 11.6 Å². The quantitative estimate of drug-likeness (QED) is 0.718. The van der Waals surface area contributed by atoms with Crippen molar-refractivity contribution in [2.24, 2.45) is 0 Å². The topological polar surface area (TPSA) is 75.4 Å². The molecule has 2 aromatic heterocycles. The number of hydrogen-bond donors (Lipinski definition) is 1. The number of carboxylic acids is 1. The molecule has 0 spiro atoms. The molecule has 1 aromatic carbocycles. The summed E-state index contributed by atoms with van der Waals surface area (Å²) in [6.07, 6.45) is 5.68. The van der Waals surface area contributed by atoms with Crippen LogP contribution in [0.5, 0.6) is 0 Å². The molecule has 0 aliphatic heterocycles. The largest absolute Gasteiger partial charge is 0.477 e. The molecule has 28 heavy (non-hydrogen) atoms. The smallest absolute Gasteiger partial charge is 0.341 e. The van der Waals surface area contributed by atoms with Crippen molar-refractivity contribution in [1.82, 2.24) is 9.55 Å². The molecule has 1 fully saturated rings. The molecule has 1 aliphatic carbocycles. The highest BCUT2D eigenvalue weighted by Crippen LogP contribution is 2.39. The van der Waals surface area contributed by atoms with Crippen molar-refractivity contribution in [2.75, 3.05) is 11.9 Å². The highest BCUT2D eigenvalue weighted by molar-refractivity contribution is 6.38. The number of carbonyl (C=O) groups is 1. The van der Waals surface area contributed by atoms with Gasteiger partial charge in [-0.1, -0.05) is 17.7 Å². The minimum absolute atomic E-state index is 0.0593. The Morgan fingerprint density at radius 2 is 2.14 bits per heavy atom. The first-order chi connectivity index (χ1) is 13.4. The predicted octanol–water partition coefficient (Wildman–Crippen LogP) is 3.87. The zero-order valence-corrected chi connectivity index (χ0v) is 15.8. The molecule has 1 saturated carbocycles. The molecular weight excluding hydrogens is 385 g/mol. The molecule has 4 rings (SSSR count). The lowest BCUT2D eigenvalue weighted by molar-refractivity contribution is 0.0695. The zero-order chi connectivity index (χ0) is 20.0. The number of fused-ring (bicyclic) bond motifs is 1. The van der Waals surface area contributed by atoms with E-state index in [-0.39, 0.29) is 27.7 Å². The summed E-state index contributed by atoms with van der Waals surface area (Å²) in [4.78, 5) is 30.3. The maximum atomic E-state index is 15.0. The third kappa shape index (κ3) is 2.82. The molecule has 0 saturated heterocycles. The van der Waals surface area contributed by atoms with E-state index in [0.29, 0.717) is 5.82 Å². The highest BCUT2D eigenvalue weighted by Gasteiger charge is 2.28. The summed E-state index contributed by atoms with van der Waals surface area (Å²) in [5.41, 5.74) is -0.828. The van der Waals surface area contributed by atoms with Crippen molar-refractivity contribution in [2.45, 2.75) is 25.3 Å². The van der Waals surface area contributed by atoms with Crippen LogP contribution in [0.15, 0.2) is 41.5 Å². The van der Waals surface area contributed by atoms with E-state index in [1.807, 2.05) is 0 Å². The van der Waals surface area contributed by atoms with Gasteiger partial charge in [0.15, 0.2) is 0 Å². The molecular formula is C20H17ClFN3O3. The lowest BCUT2D eigenvalue weighted by Crippen LogP contribution is -2.38. The number of halogens is 2. The predicted molar refractivity (Wildman–Crippen MR) is 105 cm³/mol. The van der Waals surface area contributed by atoms with Crippen LogP contribution in [0, 0.1) is 5.82 Å². The van der Waals surface area contributed by atoms with Crippen molar-refractivity contribution < 1.29 is 14.3 Å². The Morgan fingerprint density at radius 3 is 2.71 bits per heavy atom. The number of nitrogens with zero attached hydrogens (tertiary/aromatic N) is 3. The van der Waals surface area contributed by atoms with Gasteiger partial charge in [0.1, 0.15) is 17.2 Å². The number of aromatic carboxylic acids is 1. The monoisotopic (exact) mass is 401 g/mol. The molecule has 0 unspecified atom stereocenters. The van der Waals surface area contributed by atoms with Gasteiger partial charge >= 0.3 is 5.97 Å². The normalized spacial score (nSPS) is 14.1. The fourth-order valence-electron chi connectivity index (χ4n) is 3.51. The van der Waals surface area contributed by atoms with E-state index < -0.39 is 22.8 Å². The Bertz CT molecular complexity index is 1140. The van der Waals surface area contributed by atoms with Gasteiger partial charge in [-0.2, -0.15) is 0 Å². The Hall–Kier alpha value is -2.93. The summed E-state index contributed by atoms with van der Waals surface area (Å²) in [7, 11) is 1.77. The van der Waals surface area contributed by atoms with Gasteiger partial charge in [0.25, 0.3) is 0 Å². The van der Waals surface area contributed by atoms with Crippen LogP contribution in [0.2, 0.25) is 5.02 Å². The van der Waals surface area contributed by atoms with E-state index in [1.54, 1.807) is 36.3 Å². The molecule has 1 N–H and O–H groups in total. The van der Waals surface area contributed by atoms with Crippen LogP contribution >= 0.6 is 11.6 Å². The second-order valence-corrected chi connectivity index (χ2v) is 7.23. The molecule has 0 atom stereocenters. The number of aromatic nitrogens is 2. The standard InChI is InChI=1S/C20H17ClFN3O3/c1-24(11-5-4-6-11)18-14(22)9-12-17(16(18)21)25(15-7-2-3-8-23-15)10-13(19(12)26)20(27)28/h2-3,7-11H,4-6H2,1H3,(H,27,28). The summed E-state index contributed by atoms with van der Waals surface area (Å²) in [6, 6.07) is 6.34. The molecule has 2 heterocycles. The Labute approximate surface area is 164 Å². The van der Waals surface area contributed by atoms with Crippen LogP contribution < -0.4 is 10.3 Å². The average Bonchev–Trinajstić information content (AvgIpc) is 2.61. The summed E-state index contributed by atoms with van der Waals surface area (Å²) >= 11 is 6.61. The number of pyridine rings is 2. The van der Waals surface area contributed by atoms with Crippen LogP contribution in [0.3, 0.4) is 0 Å². The highest BCUT2D eigenvalue weighted by atomic mass is 35.5. The van der Waals surface area contributed by atoms with E-state index in [9.17, 15) is 19.1 Å². The van der Waals surface area contributed by atoms with Gasteiger partial charge in [-0.3, -0.25) is 9.36 Å².